The van der Waals surface area contributed by atoms with E-state index in [-0.39, 0.29) is 0 Å². The fourth-order valence-corrected chi connectivity index (χ4v) is 3.56. The molecule has 0 bridgehead atoms. The molecule has 1 saturated heterocycles. The summed E-state index contributed by atoms with van der Waals surface area (Å²) in [6.07, 6.45) is 3.76. The summed E-state index contributed by atoms with van der Waals surface area (Å²) in [6, 6.07) is 2.52. The predicted molar refractivity (Wildman–Crippen MR) is 69.6 cm³/mol. The number of nitrogens with one attached hydrogen (secondary N) is 1. The first kappa shape index (κ1) is 11.4. The highest BCUT2D eigenvalue weighted by Crippen LogP contribution is 2.45. The molecule has 4 heteroatoms. The lowest BCUT2D eigenvalue weighted by molar-refractivity contribution is 0.173. The zero-order chi connectivity index (χ0) is 11.8. The molecule has 0 saturated carbocycles. The summed E-state index contributed by atoms with van der Waals surface area (Å²) in [5.74, 6) is 1.71. The van der Waals surface area contributed by atoms with Gasteiger partial charge in [-0.15, -0.1) is 0 Å². The quantitative estimate of drug-likeness (QED) is 0.863. The van der Waals surface area contributed by atoms with E-state index in [4.69, 9.17) is 9.47 Å². The third kappa shape index (κ3) is 1.93. The van der Waals surface area contributed by atoms with Crippen LogP contribution < -0.4 is 14.8 Å². The van der Waals surface area contributed by atoms with Crippen LogP contribution in [-0.2, 0) is 0 Å². The van der Waals surface area contributed by atoms with Gasteiger partial charge in [-0.25, -0.2) is 0 Å². The summed E-state index contributed by atoms with van der Waals surface area (Å²) < 4.78 is 12.0. The van der Waals surface area contributed by atoms with E-state index < -0.39 is 0 Å². The van der Waals surface area contributed by atoms with Gasteiger partial charge < -0.3 is 14.8 Å². The number of halogens is 1. The first-order valence-electron chi connectivity index (χ1n) is 6.09. The molecular formula is C13H16BrNO2. The second-order valence-electron chi connectivity index (χ2n) is 4.66. The first-order chi connectivity index (χ1) is 8.27. The Labute approximate surface area is 110 Å². The Morgan fingerprint density at radius 3 is 3.00 bits per heavy atom. The maximum absolute atomic E-state index is 5.52. The molecule has 1 unspecified atom stereocenters. The van der Waals surface area contributed by atoms with E-state index in [2.05, 4.69) is 34.2 Å². The Morgan fingerprint density at radius 2 is 2.24 bits per heavy atom. The summed E-state index contributed by atoms with van der Waals surface area (Å²) in [5.41, 5.74) is 2.59. The number of benzene rings is 1. The maximum atomic E-state index is 5.52. The van der Waals surface area contributed by atoms with Gasteiger partial charge in [0.05, 0.1) is 4.47 Å². The molecule has 3 nitrogen and oxygen atoms in total. The molecule has 2 aliphatic heterocycles. The van der Waals surface area contributed by atoms with Crippen molar-refractivity contribution in [1.82, 2.24) is 5.32 Å². The normalized spacial score (nSPS) is 22.8. The molecule has 0 radical (unpaired) electrons. The molecule has 0 aromatic heterocycles. The zero-order valence-electron chi connectivity index (χ0n) is 9.88. The highest BCUT2D eigenvalue weighted by Gasteiger charge is 2.26. The van der Waals surface area contributed by atoms with Crippen molar-refractivity contribution in [2.75, 3.05) is 13.3 Å². The smallest absolute Gasteiger partial charge is 0.231 e. The van der Waals surface area contributed by atoms with Gasteiger partial charge in [-0.2, -0.15) is 0 Å². The Balaban J connectivity index is 2.03. The minimum absolute atomic E-state index is 0.328. The molecule has 1 N–H and O–H groups in total. The molecule has 0 aliphatic carbocycles. The van der Waals surface area contributed by atoms with E-state index in [1.807, 2.05) is 0 Å². The summed E-state index contributed by atoms with van der Waals surface area (Å²) in [6.45, 7) is 3.57. The van der Waals surface area contributed by atoms with Gasteiger partial charge in [0.25, 0.3) is 0 Å². The minimum atomic E-state index is 0.328. The van der Waals surface area contributed by atoms with Crippen LogP contribution in [0.25, 0.3) is 0 Å². The number of ether oxygens (including phenoxy) is 2. The van der Waals surface area contributed by atoms with Gasteiger partial charge in [0.2, 0.25) is 6.79 Å². The molecule has 1 atom stereocenters. The average Bonchev–Trinajstić information content (AvgIpc) is 2.78. The molecular weight excluding hydrogens is 282 g/mol. The number of fused-ring (bicyclic) bond motifs is 1. The Morgan fingerprint density at radius 1 is 1.35 bits per heavy atom. The Hall–Kier alpha value is -0.740. The molecule has 2 aliphatic rings. The van der Waals surface area contributed by atoms with Crippen LogP contribution in [0.4, 0.5) is 0 Å². The lowest BCUT2D eigenvalue weighted by Crippen LogP contribution is -2.27. The highest BCUT2D eigenvalue weighted by molar-refractivity contribution is 9.10. The van der Waals surface area contributed by atoms with Crippen molar-refractivity contribution >= 4 is 15.9 Å². The SMILES string of the molecule is Cc1cc2c(c(Br)c1C1CCCCN1)OCO2. The van der Waals surface area contributed by atoms with Crippen LogP contribution in [0.15, 0.2) is 10.5 Å². The second kappa shape index (κ2) is 4.50. The van der Waals surface area contributed by atoms with Crippen molar-refractivity contribution in [1.29, 1.82) is 0 Å². The number of piperidine rings is 1. The lowest BCUT2D eigenvalue weighted by atomic mass is 9.94. The number of rotatable bonds is 1. The zero-order valence-corrected chi connectivity index (χ0v) is 11.5. The Kier molecular flexibility index (Phi) is 3.01. The molecule has 92 valence electrons. The van der Waals surface area contributed by atoms with Crippen molar-refractivity contribution in [3.05, 3.63) is 21.7 Å². The van der Waals surface area contributed by atoms with Gasteiger partial charge in [0.15, 0.2) is 11.5 Å². The standard InChI is InChI=1S/C13H16BrNO2/c1-8-6-10-13(17-7-16-10)12(14)11(8)9-4-2-3-5-15-9/h6,9,15H,2-5,7H2,1H3. The van der Waals surface area contributed by atoms with Gasteiger partial charge in [0, 0.05) is 6.04 Å². The summed E-state index contributed by atoms with van der Waals surface area (Å²) in [5, 5.41) is 3.58. The molecule has 1 aromatic rings. The van der Waals surface area contributed by atoms with Crippen molar-refractivity contribution in [2.45, 2.75) is 32.2 Å². The van der Waals surface area contributed by atoms with E-state index in [9.17, 15) is 0 Å². The van der Waals surface area contributed by atoms with Crippen LogP contribution in [-0.4, -0.2) is 13.3 Å². The lowest BCUT2D eigenvalue weighted by Gasteiger charge is -2.26. The maximum Gasteiger partial charge on any atom is 0.231 e. The molecule has 1 aromatic carbocycles. The molecule has 17 heavy (non-hydrogen) atoms. The molecule has 3 rings (SSSR count). The topological polar surface area (TPSA) is 30.5 Å². The number of aryl methyl sites for hydroxylation is 1. The third-order valence-electron chi connectivity index (χ3n) is 3.51. The van der Waals surface area contributed by atoms with Gasteiger partial charge in [-0.1, -0.05) is 6.42 Å². The van der Waals surface area contributed by atoms with Crippen LogP contribution in [0, 0.1) is 6.92 Å². The third-order valence-corrected chi connectivity index (χ3v) is 4.30. The first-order valence-corrected chi connectivity index (χ1v) is 6.88. The van der Waals surface area contributed by atoms with Crippen LogP contribution in [0.1, 0.15) is 36.4 Å². The predicted octanol–water partition coefficient (Wildman–Crippen LogP) is 3.30. The van der Waals surface area contributed by atoms with Gasteiger partial charge >= 0.3 is 0 Å². The van der Waals surface area contributed by atoms with E-state index in [1.165, 1.54) is 30.4 Å². The molecule has 0 spiro atoms. The van der Waals surface area contributed by atoms with Crippen molar-refractivity contribution in [3.8, 4) is 11.5 Å². The number of hydrogen-bond acceptors (Lipinski definition) is 3. The molecule has 2 heterocycles. The molecule has 0 amide bonds. The fourth-order valence-electron chi connectivity index (χ4n) is 2.66. The van der Waals surface area contributed by atoms with Gasteiger partial charge in [-0.3, -0.25) is 0 Å². The van der Waals surface area contributed by atoms with Gasteiger partial charge in [0.1, 0.15) is 0 Å². The van der Waals surface area contributed by atoms with Crippen LogP contribution >= 0.6 is 15.9 Å². The summed E-state index contributed by atoms with van der Waals surface area (Å²) in [4.78, 5) is 0. The van der Waals surface area contributed by atoms with Crippen LogP contribution in [0.5, 0.6) is 11.5 Å². The largest absolute Gasteiger partial charge is 0.454 e. The molecule has 1 fully saturated rings. The minimum Gasteiger partial charge on any atom is -0.454 e. The van der Waals surface area contributed by atoms with Crippen molar-refractivity contribution < 1.29 is 9.47 Å². The van der Waals surface area contributed by atoms with E-state index in [1.54, 1.807) is 0 Å². The van der Waals surface area contributed by atoms with E-state index in [0.29, 0.717) is 12.8 Å². The summed E-state index contributed by atoms with van der Waals surface area (Å²) >= 11 is 3.67. The Bertz CT molecular complexity index is 442. The average molecular weight is 298 g/mol. The van der Waals surface area contributed by atoms with Crippen molar-refractivity contribution in [2.24, 2.45) is 0 Å². The van der Waals surface area contributed by atoms with Crippen LogP contribution in [0.3, 0.4) is 0 Å². The van der Waals surface area contributed by atoms with Crippen LogP contribution in [0.2, 0.25) is 0 Å². The van der Waals surface area contributed by atoms with Crippen molar-refractivity contribution in [3.63, 3.8) is 0 Å². The van der Waals surface area contributed by atoms with E-state index >= 15 is 0 Å². The monoisotopic (exact) mass is 297 g/mol. The van der Waals surface area contributed by atoms with E-state index in [0.717, 1.165) is 22.5 Å². The highest BCUT2D eigenvalue weighted by atomic mass is 79.9. The summed E-state index contributed by atoms with van der Waals surface area (Å²) in [7, 11) is 0. The second-order valence-corrected chi connectivity index (χ2v) is 5.45. The fraction of sp³-hybridized carbons (Fsp3) is 0.538. The van der Waals surface area contributed by atoms with Gasteiger partial charge in [-0.05, 0) is 59.4 Å². The number of hydrogen-bond donors (Lipinski definition) is 1.